The Morgan fingerprint density at radius 2 is 1.85 bits per heavy atom. The van der Waals surface area contributed by atoms with Gasteiger partial charge in [-0.25, -0.2) is 4.79 Å². The Balaban J connectivity index is 1.76. The molecule has 0 radical (unpaired) electrons. The SMILES string of the molecule is CC(C)(C)c1ccc(C2SCCN2C(=O)Nc2ccc(Cl)cc2Cl)cc1. The number of thioether (sulfide) groups is 1. The van der Waals surface area contributed by atoms with Crippen molar-refractivity contribution < 1.29 is 4.79 Å². The van der Waals surface area contributed by atoms with E-state index in [1.54, 1.807) is 30.0 Å². The Bertz CT molecular complexity index is 802. The Morgan fingerprint density at radius 3 is 2.46 bits per heavy atom. The number of amides is 2. The molecule has 0 saturated carbocycles. The number of hydrogen-bond donors (Lipinski definition) is 1. The van der Waals surface area contributed by atoms with E-state index in [4.69, 9.17) is 23.2 Å². The van der Waals surface area contributed by atoms with Crippen molar-refractivity contribution in [3.8, 4) is 0 Å². The summed E-state index contributed by atoms with van der Waals surface area (Å²) in [6, 6.07) is 13.5. The van der Waals surface area contributed by atoms with Crippen molar-refractivity contribution in [2.75, 3.05) is 17.6 Å². The van der Waals surface area contributed by atoms with E-state index < -0.39 is 0 Å². The molecule has 1 fully saturated rings. The summed E-state index contributed by atoms with van der Waals surface area (Å²) >= 11 is 13.9. The van der Waals surface area contributed by atoms with E-state index in [0.29, 0.717) is 22.3 Å². The molecule has 2 amide bonds. The normalized spacial score (nSPS) is 17.4. The zero-order valence-corrected chi connectivity index (χ0v) is 17.4. The zero-order valence-electron chi connectivity index (χ0n) is 15.1. The summed E-state index contributed by atoms with van der Waals surface area (Å²) in [6.45, 7) is 7.29. The van der Waals surface area contributed by atoms with Crippen molar-refractivity contribution in [3.63, 3.8) is 0 Å². The van der Waals surface area contributed by atoms with Crippen molar-refractivity contribution in [1.82, 2.24) is 4.90 Å². The molecule has 6 heteroatoms. The highest BCUT2D eigenvalue weighted by Gasteiger charge is 2.31. The summed E-state index contributed by atoms with van der Waals surface area (Å²) in [7, 11) is 0. The largest absolute Gasteiger partial charge is 0.323 e. The van der Waals surface area contributed by atoms with Crippen LogP contribution in [0.5, 0.6) is 0 Å². The average molecular weight is 409 g/mol. The fourth-order valence-corrected chi connectivity index (χ4v) is 4.59. The van der Waals surface area contributed by atoms with E-state index in [0.717, 1.165) is 11.3 Å². The van der Waals surface area contributed by atoms with Crippen molar-refractivity contribution >= 4 is 46.7 Å². The zero-order chi connectivity index (χ0) is 18.9. The van der Waals surface area contributed by atoms with E-state index in [1.165, 1.54) is 5.56 Å². The second kappa shape index (κ2) is 7.71. The lowest BCUT2D eigenvalue weighted by Crippen LogP contribution is -2.34. The molecular weight excluding hydrogens is 387 g/mol. The molecule has 1 heterocycles. The van der Waals surface area contributed by atoms with E-state index >= 15 is 0 Å². The predicted octanol–water partition coefficient (Wildman–Crippen LogP) is 6.57. The number of halogens is 2. The molecule has 3 nitrogen and oxygen atoms in total. The molecule has 0 aromatic heterocycles. The van der Waals surface area contributed by atoms with Crippen LogP contribution in [0.3, 0.4) is 0 Å². The lowest BCUT2D eigenvalue weighted by molar-refractivity contribution is 0.214. The molecule has 0 aliphatic carbocycles. The van der Waals surface area contributed by atoms with E-state index in [-0.39, 0.29) is 16.8 Å². The Morgan fingerprint density at radius 1 is 1.15 bits per heavy atom. The third-order valence-corrected chi connectivity index (χ3v) is 6.19. The Labute approximate surface area is 169 Å². The molecule has 1 N–H and O–H groups in total. The van der Waals surface area contributed by atoms with Gasteiger partial charge in [0.2, 0.25) is 0 Å². The van der Waals surface area contributed by atoms with Crippen LogP contribution in [-0.4, -0.2) is 23.2 Å². The van der Waals surface area contributed by atoms with Gasteiger partial charge in [0, 0.05) is 17.3 Å². The molecule has 1 atom stereocenters. The molecule has 1 aliphatic rings. The van der Waals surface area contributed by atoms with Gasteiger partial charge in [0.15, 0.2) is 0 Å². The van der Waals surface area contributed by atoms with Gasteiger partial charge in [-0.1, -0.05) is 68.2 Å². The lowest BCUT2D eigenvalue weighted by Gasteiger charge is -2.26. The standard InChI is InChI=1S/C20H22Cl2N2OS/c1-20(2,3)14-6-4-13(5-7-14)18-24(10-11-26-18)19(25)23-17-9-8-15(21)12-16(17)22/h4-9,12,18H,10-11H2,1-3H3,(H,23,25). The number of carbonyl (C=O) groups excluding carboxylic acids is 1. The molecule has 26 heavy (non-hydrogen) atoms. The number of nitrogens with one attached hydrogen (secondary N) is 1. The Kier molecular flexibility index (Phi) is 5.75. The maximum absolute atomic E-state index is 12.8. The highest BCUT2D eigenvalue weighted by atomic mass is 35.5. The summed E-state index contributed by atoms with van der Waals surface area (Å²) < 4.78 is 0. The average Bonchev–Trinajstić information content (AvgIpc) is 3.06. The number of carbonyl (C=O) groups is 1. The number of rotatable bonds is 2. The van der Waals surface area contributed by atoms with Crippen LogP contribution in [0.2, 0.25) is 10.0 Å². The van der Waals surface area contributed by atoms with Crippen LogP contribution in [-0.2, 0) is 5.41 Å². The van der Waals surface area contributed by atoms with Crippen LogP contribution >= 0.6 is 35.0 Å². The summed E-state index contributed by atoms with van der Waals surface area (Å²) in [5.74, 6) is 0.910. The summed E-state index contributed by atoms with van der Waals surface area (Å²) in [4.78, 5) is 14.6. The first kappa shape index (κ1) is 19.4. The first-order valence-corrected chi connectivity index (χ1v) is 10.3. The van der Waals surface area contributed by atoms with Gasteiger partial charge < -0.3 is 10.2 Å². The van der Waals surface area contributed by atoms with Crippen LogP contribution in [0.25, 0.3) is 0 Å². The summed E-state index contributed by atoms with van der Waals surface area (Å²) in [5, 5.41) is 3.88. The van der Waals surface area contributed by atoms with Gasteiger partial charge in [0.05, 0.1) is 10.7 Å². The molecule has 0 spiro atoms. The fraction of sp³-hybridized carbons (Fsp3) is 0.350. The van der Waals surface area contributed by atoms with Gasteiger partial charge in [-0.2, -0.15) is 0 Å². The first-order chi connectivity index (χ1) is 12.3. The molecular formula is C20H22Cl2N2OS. The smallest absolute Gasteiger partial charge is 0.308 e. The van der Waals surface area contributed by atoms with Gasteiger partial charge >= 0.3 is 6.03 Å². The molecule has 138 valence electrons. The number of urea groups is 1. The topological polar surface area (TPSA) is 32.3 Å². The quantitative estimate of drug-likeness (QED) is 0.608. The van der Waals surface area contributed by atoms with Gasteiger partial charge in [-0.15, -0.1) is 11.8 Å². The lowest BCUT2D eigenvalue weighted by atomic mass is 9.87. The third kappa shape index (κ3) is 4.30. The van der Waals surface area contributed by atoms with Gasteiger partial charge in [0.25, 0.3) is 0 Å². The van der Waals surface area contributed by atoms with E-state index in [2.05, 4.69) is 50.4 Å². The van der Waals surface area contributed by atoms with Crippen LogP contribution < -0.4 is 5.32 Å². The number of benzene rings is 2. The molecule has 2 aromatic carbocycles. The maximum atomic E-state index is 12.8. The summed E-state index contributed by atoms with van der Waals surface area (Å²) in [5.41, 5.74) is 3.11. The minimum absolute atomic E-state index is 0.00935. The van der Waals surface area contributed by atoms with Crippen LogP contribution in [0, 0.1) is 0 Å². The van der Waals surface area contributed by atoms with Gasteiger partial charge in [-0.05, 0) is 34.7 Å². The number of hydrogen-bond acceptors (Lipinski definition) is 2. The molecule has 2 aromatic rings. The summed E-state index contributed by atoms with van der Waals surface area (Å²) in [6.07, 6.45) is 0. The first-order valence-electron chi connectivity index (χ1n) is 8.50. The second-order valence-electron chi connectivity index (χ2n) is 7.34. The van der Waals surface area contributed by atoms with Crippen LogP contribution in [0.1, 0.15) is 37.3 Å². The third-order valence-electron chi connectivity index (χ3n) is 4.39. The minimum Gasteiger partial charge on any atom is -0.308 e. The molecule has 1 saturated heterocycles. The highest BCUT2D eigenvalue weighted by Crippen LogP contribution is 2.39. The molecule has 1 unspecified atom stereocenters. The predicted molar refractivity (Wildman–Crippen MR) is 113 cm³/mol. The minimum atomic E-state index is -0.149. The van der Waals surface area contributed by atoms with Gasteiger partial charge in [-0.3, -0.25) is 0 Å². The van der Waals surface area contributed by atoms with Crippen molar-refractivity contribution in [1.29, 1.82) is 0 Å². The second-order valence-corrected chi connectivity index (χ2v) is 9.37. The number of nitrogens with zero attached hydrogens (tertiary/aromatic N) is 1. The van der Waals surface area contributed by atoms with E-state index in [9.17, 15) is 4.79 Å². The van der Waals surface area contributed by atoms with Crippen LogP contribution in [0.4, 0.5) is 10.5 Å². The molecule has 1 aliphatic heterocycles. The monoisotopic (exact) mass is 408 g/mol. The molecule has 3 rings (SSSR count). The fourth-order valence-electron chi connectivity index (χ4n) is 2.88. The van der Waals surface area contributed by atoms with Crippen LogP contribution in [0.15, 0.2) is 42.5 Å². The van der Waals surface area contributed by atoms with Gasteiger partial charge in [0.1, 0.15) is 5.37 Å². The van der Waals surface area contributed by atoms with E-state index in [1.807, 2.05) is 4.90 Å². The highest BCUT2D eigenvalue weighted by molar-refractivity contribution is 7.99. The van der Waals surface area contributed by atoms with Crippen molar-refractivity contribution in [3.05, 3.63) is 63.6 Å². The Hall–Kier alpha value is -1.36. The van der Waals surface area contributed by atoms with Crippen molar-refractivity contribution in [2.45, 2.75) is 31.6 Å². The molecule has 0 bridgehead atoms. The van der Waals surface area contributed by atoms with Crippen molar-refractivity contribution in [2.24, 2.45) is 0 Å². The number of anilines is 1. The maximum Gasteiger partial charge on any atom is 0.323 e.